The van der Waals surface area contributed by atoms with Gasteiger partial charge < -0.3 is 16.2 Å². The van der Waals surface area contributed by atoms with E-state index in [0.717, 1.165) is 0 Å². The molecule has 0 aromatic heterocycles. The average molecular weight is 296 g/mol. The number of amidine groups is 1. The van der Waals surface area contributed by atoms with Gasteiger partial charge in [-0.2, -0.15) is 0 Å². The quantitative estimate of drug-likeness (QED) is 0.777. The van der Waals surface area contributed by atoms with Gasteiger partial charge in [-0.3, -0.25) is 4.99 Å². The molecule has 1 heterocycles. The summed E-state index contributed by atoms with van der Waals surface area (Å²) in [6, 6.07) is 4.41. The molecule has 1 aliphatic rings. The molecule has 0 saturated carbocycles. The minimum atomic E-state index is -0.790. The van der Waals surface area contributed by atoms with Crippen molar-refractivity contribution in [2.45, 2.75) is 12.5 Å². The maximum atomic E-state index is 13.7. The number of halogens is 3. The van der Waals surface area contributed by atoms with Gasteiger partial charge in [0.25, 0.3) is 0 Å². The van der Waals surface area contributed by atoms with E-state index in [0.29, 0.717) is 30.3 Å². The van der Waals surface area contributed by atoms with Crippen LogP contribution >= 0.6 is 24.8 Å². The first-order chi connectivity index (χ1) is 7.51. The van der Waals surface area contributed by atoms with Crippen LogP contribution in [0.4, 0.5) is 10.1 Å². The molecule has 0 saturated heterocycles. The fraction of sp³-hybridized carbons (Fsp3) is 0.364. The van der Waals surface area contributed by atoms with Crippen LogP contribution in [0.5, 0.6) is 0 Å². The van der Waals surface area contributed by atoms with E-state index in [1.165, 1.54) is 12.1 Å². The van der Waals surface area contributed by atoms with Crippen molar-refractivity contribution < 1.29 is 9.13 Å². The van der Waals surface area contributed by atoms with Gasteiger partial charge in [-0.25, -0.2) is 4.39 Å². The molecule has 0 fully saturated rings. The SMILES string of the molecule is CC1(c2cc(N)ccc2F)COCC(N)=N1.Cl.Cl. The van der Waals surface area contributed by atoms with Crippen LogP contribution in [0.3, 0.4) is 0 Å². The minimum absolute atomic E-state index is 0. The Kier molecular flexibility index (Phi) is 5.86. The fourth-order valence-corrected chi connectivity index (χ4v) is 1.83. The van der Waals surface area contributed by atoms with Crippen molar-refractivity contribution in [1.29, 1.82) is 0 Å². The van der Waals surface area contributed by atoms with Crippen LogP contribution in [-0.2, 0) is 10.3 Å². The van der Waals surface area contributed by atoms with Crippen LogP contribution in [0.25, 0.3) is 0 Å². The van der Waals surface area contributed by atoms with Crippen molar-refractivity contribution in [3.05, 3.63) is 29.6 Å². The van der Waals surface area contributed by atoms with Crippen molar-refractivity contribution in [1.82, 2.24) is 0 Å². The summed E-state index contributed by atoms with van der Waals surface area (Å²) in [5.41, 5.74) is 11.4. The molecule has 0 bridgehead atoms. The van der Waals surface area contributed by atoms with Crippen LogP contribution in [-0.4, -0.2) is 19.0 Å². The standard InChI is InChI=1S/C11H14FN3O.2ClH/c1-11(6-16-5-10(14)15-11)8-4-7(13)2-3-9(8)12;;/h2-4H,5-6,13H2,1H3,(H2,14,15);2*1H. The van der Waals surface area contributed by atoms with Gasteiger partial charge >= 0.3 is 0 Å². The second-order valence-corrected chi connectivity index (χ2v) is 4.11. The van der Waals surface area contributed by atoms with Crippen molar-refractivity contribution in [3.8, 4) is 0 Å². The molecule has 0 spiro atoms. The first-order valence-electron chi connectivity index (χ1n) is 4.99. The lowest BCUT2D eigenvalue weighted by atomic mass is 9.92. The number of rotatable bonds is 1. The lowest BCUT2D eigenvalue weighted by Crippen LogP contribution is -2.38. The molecule has 4 N–H and O–H groups in total. The van der Waals surface area contributed by atoms with E-state index < -0.39 is 5.54 Å². The largest absolute Gasteiger partial charge is 0.399 e. The van der Waals surface area contributed by atoms with Gasteiger partial charge in [0.05, 0.1) is 6.61 Å². The molecule has 1 unspecified atom stereocenters. The maximum absolute atomic E-state index is 13.7. The molecule has 18 heavy (non-hydrogen) atoms. The van der Waals surface area contributed by atoms with Gasteiger partial charge in [-0.05, 0) is 25.1 Å². The van der Waals surface area contributed by atoms with Gasteiger partial charge in [-0.15, -0.1) is 24.8 Å². The Hall–Kier alpha value is -1.04. The highest BCUT2D eigenvalue weighted by molar-refractivity contribution is 5.85. The van der Waals surface area contributed by atoms with Crippen molar-refractivity contribution >= 4 is 36.3 Å². The van der Waals surface area contributed by atoms with E-state index in [4.69, 9.17) is 16.2 Å². The van der Waals surface area contributed by atoms with Crippen molar-refractivity contribution in [2.24, 2.45) is 10.7 Å². The normalized spacial score (nSPS) is 22.4. The summed E-state index contributed by atoms with van der Waals surface area (Å²) >= 11 is 0. The summed E-state index contributed by atoms with van der Waals surface area (Å²) in [4.78, 5) is 4.26. The highest BCUT2D eigenvalue weighted by atomic mass is 35.5. The predicted octanol–water partition coefficient (Wildman–Crippen LogP) is 1.85. The molecule has 7 heteroatoms. The van der Waals surface area contributed by atoms with Crippen LogP contribution < -0.4 is 11.5 Å². The van der Waals surface area contributed by atoms with Gasteiger partial charge in [-0.1, -0.05) is 0 Å². The summed E-state index contributed by atoms with van der Waals surface area (Å²) in [5, 5.41) is 0. The molecular weight excluding hydrogens is 280 g/mol. The average Bonchev–Trinajstić information content (AvgIpc) is 2.21. The molecule has 0 amide bonds. The second-order valence-electron chi connectivity index (χ2n) is 4.11. The Morgan fingerprint density at radius 3 is 2.61 bits per heavy atom. The second kappa shape index (κ2) is 6.22. The number of aliphatic imine (C=N–C) groups is 1. The smallest absolute Gasteiger partial charge is 0.129 e. The molecule has 0 radical (unpaired) electrons. The number of ether oxygens (including phenoxy) is 1. The molecule has 0 aliphatic carbocycles. The topological polar surface area (TPSA) is 73.6 Å². The fourth-order valence-electron chi connectivity index (χ4n) is 1.83. The highest BCUT2D eigenvalue weighted by Crippen LogP contribution is 2.31. The summed E-state index contributed by atoms with van der Waals surface area (Å²) in [7, 11) is 0. The number of hydrogen-bond acceptors (Lipinski definition) is 4. The van der Waals surface area contributed by atoms with E-state index >= 15 is 0 Å². The number of benzene rings is 1. The Morgan fingerprint density at radius 2 is 2.00 bits per heavy atom. The van der Waals surface area contributed by atoms with Crippen molar-refractivity contribution in [3.63, 3.8) is 0 Å². The third-order valence-corrected chi connectivity index (χ3v) is 2.59. The number of anilines is 1. The van der Waals surface area contributed by atoms with E-state index in [1.54, 1.807) is 13.0 Å². The number of nitrogens with zero attached hydrogens (tertiary/aromatic N) is 1. The minimum Gasteiger partial charge on any atom is -0.399 e. The predicted molar refractivity (Wildman–Crippen MR) is 75.1 cm³/mol. The zero-order valence-electron chi connectivity index (χ0n) is 9.85. The zero-order chi connectivity index (χ0) is 11.8. The van der Waals surface area contributed by atoms with Crippen molar-refractivity contribution in [2.75, 3.05) is 18.9 Å². The van der Waals surface area contributed by atoms with Gasteiger partial charge in [0.1, 0.15) is 23.8 Å². The molecular formula is C11H16Cl2FN3O. The third-order valence-electron chi connectivity index (χ3n) is 2.59. The Bertz CT molecular complexity index is 456. The molecule has 1 aromatic rings. The molecule has 1 aliphatic heterocycles. The lowest BCUT2D eigenvalue weighted by Gasteiger charge is -2.30. The van der Waals surface area contributed by atoms with Gasteiger partial charge in [0, 0.05) is 11.3 Å². The van der Waals surface area contributed by atoms with Crippen LogP contribution in [0, 0.1) is 5.82 Å². The Balaban J connectivity index is 0.00000144. The van der Waals surface area contributed by atoms with Gasteiger partial charge in [0.2, 0.25) is 0 Å². The summed E-state index contributed by atoms with van der Waals surface area (Å²) in [5.74, 6) is 0.0225. The Labute approximate surface area is 117 Å². The van der Waals surface area contributed by atoms with E-state index in [2.05, 4.69) is 4.99 Å². The maximum Gasteiger partial charge on any atom is 0.129 e. The van der Waals surface area contributed by atoms with Crippen LogP contribution in [0.1, 0.15) is 12.5 Å². The third kappa shape index (κ3) is 3.25. The van der Waals surface area contributed by atoms with Crippen LogP contribution in [0.15, 0.2) is 23.2 Å². The molecule has 4 nitrogen and oxygen atoms in total. The molecule has 1 atom stereocenters. The molecule has 102 valence electrons. The first-order valence-corrected chi connectivity index (χ1v) is 4.99. The number of hydrogen-bond donors (Lipinski definition) is 2. The number of nitrogens with two attached hydrogens (primary N) is 2. The zero-order valence-corrected chi connectivity index (χ0v) is 11.5. The van der Waals surface area contributed by atoms with Gasteiger partial charge in [0.15, 0.2) is 0 Å². The molecule has 2 rings (SSSR count). The first kappa shape index (κ1) is 17.0. The summed E-state index contributed by atoms with van der Waals surface area (Å²) in [6.07, 6.45) is 0. The van der Waals surface area contributed by atoms with Crippen LogP contribution in [0.2, 0.25) is 0 Å². The van der Waals surface area contributed by atoms with E-state index in [-0.39, 0.29) is 30.6 Å². The monoisotopic (exact) mass is 295 g/mol. The lowest BCUT2D eigenvalue weighted by molar-refractivity contribution is 0.104. The highest BCUT2D eigenvalue weighted by Gasteiger charge is 2.32. The van der Waals surface area contributed by atoms with E-state index in [9.17, 15) is 4.39 Å². The summed E-state index contributed by atoms with van der Waals surface area (Å²) in [6.45, 7) is 2.37. The Morgan fingerprint density at radius 1 is 1.33 bits per heavy atom. The molecule has 1 aromatic carbocycles. The van der Waals surface area contributed by atoms with E-state index in [1.807, 2.05) is 0 Å². The number of nitrogen functional groups attached to an aromatic ring is 1. The summed E-state index contributed by atoms with van der Waals surface area (Å²) < 4.78 is 19.0.